The van der Waals surface area contributed by atoms with Crippen molar-refractivity contribution >= 4 is 17.4 Å². The molecule has 0 spiro atoms. The average molecular weight is 243 g/mol. The SMILES string of the molecule is CSc1ccc(NCc2ccccc2C)cc1. The minimum absolute atomic E-state index is 0.880. The molecule has 0 bridgehead atoms. The molecule has 0 aliphatic rings. The molecular weight excluding hydrogens is 226 g/mol. The van der Waals surface area contributed by atoms with Crippen LogP contribution < -0.4 is 5.32 Å². The highest BCUT2D eigenvalue weighted by Gasteiger charge is 1.97. The second-order valence-corrected chi connectivity index (χ2v) is 4.89. The maximum Gasteiger partial charge on any atom is 0.0403 e. The molecule has 2 aromatic carbocycles. The van der Waals surface area contributed by atoms with Gasteiger partial charge in [-0.25, -0.2) is 0 Å². The highest BCUT2D eigenvalue weighted by Crippen LogP contribution is 2.18. The van der Waals surface area contributed by atoms with Crippen molar-refractivity contribution in [3.05, 3.63) is 59.7 Å². The van der Waals surface area contributed by atoms with Crippen molar-refractivity contribution in [1.29, 1.82) is 0 Å². The molecular formula is C15H17NS. The Kier molecular flexibility index (Phi) is 4.10. The van der Waals surface area contributed by atoms with Gasteiger partial charge in [0.05, 0.1) is 0 Å². The second kappa shape index (κ2) is 5.78. The van der Waals surface area contributed by atoms with Crippen LogP contribution in [0.25, 0.3) is 0 Å². The van der Waals surface area contributed by atoms with E-state index in [9.17, 15) is 0 Å². The molecule has 0 aromatic heterocycles. The van der Waals surface area contributed by atoms with Gasteiger partial charge in [-0.15, -0.1) is 11.8 Å². The normalized spacial score (nSPS) is 10.2. The second-order valence-electron chi connectivity index (χ2n) is 4.01. The Morgan fingerprint density at radius 1 is 1.00 bits per heavy atom. The number of anilines is 1. The quantitative estimate of drug-likeness (QED) is 0.802. The summed E-state index contributed by atoms with van der Waals surface area (Å²) >= 11 is 1.77. The number of benzene rings is 2. The third-order valence-corrected chi connectivity index (χ3v) is 3.58. The van der Waals surface area contributed by atoms with Crippen LogP contribution in [0.2, 0.25) is 0 Å². The predicted octanol–water partition coefficient (Wildman–Crippen LogP) is 4.33. The van der Waals surface area contributed by atoms with E-state index in [0.29, 0.717) is 0 Å². The summed E-state index contributed by atoms with van der Waals surface area (Å²) in [5, 5.41) is 3.44. The molecule has 0 unspecified atom stereocenters. The van der Waals surface area contributed by atoms with Gasteiger partial charge in [-0.1, -0.05) is 24.3 Å². The minimum atomic E-state index is 0.880. The van der Waals surface area contributed by atoms with Crippen molar-refractivity contribution in [3.63, 3.8) is 0 Å². The lowest BCUT2D eigenvalue weighted by atomic mass is 10.1. The molecule has 1 nitrogen and oxygen atoms in total. The third kappa shape index (κ3) is 3.27. The molecule has 88 valence electrons. The molecule has 0 saturated heterocycles. The molecule has 2 heteroatoms. The molecule has 2 rings (SSSR count). The van der Waals surface area contributed by atoms with Crippen LogP contribution >= 0.6 is 11.8 Å². The Morgan fingerprint density at radius 3 is 2.35 bits per heavy atom. The molecule has 1 N–H and O–H groups in total. The number of hydrogen-bond donors (Lipinski definition) is 1. The van der Waals surface area contributed by atoms with Crippen LogP contribution in [-0.4, -0.2) is 6.26 Å². The van der Waals surface area contributed by atoms with E-state index in [0.717, 1.165) is 6.54 Å². The van der Waals surface area contributed by atoms with Gasteiger partial charge >= 0.3 is 0 Å². The molecule has 0 atom stereocenters. The Bertz CT molecular complexity index is 477. The first kappa shape index (κ1) is 12.1. The first-order chi connectivity index (χ1) is 8.29. The van der Waals surface area contributed by atoms with E-state index >= 15 is 0 Å². The van der Waals surface area contributed by atoms with Gasteiger partial charge < -0.3 is 5.32 Å². The van der Waals surface area contributed by atoms with Crippen LogP contribution in [0, 0.1) is 6.92 Å². The molecule has 17 heavy (non-hydrogen) atoms. The summed E-state index contributed by atoms with van der Waals surface area (Å²) in [6.45, 7) is 3.03. The lowest BCUT2D eigenvalue weighted by molar-refractivity contribution is 1.12. The van der Waals surface area contributed by atoms with Crippen LogP contribution in [0.3, 0.4) is 0 Å². The first-order valence-corrected chi connectivity index (χ1v) is 6.94. The fraction of sp³-hybridized carbons (Fsp3) is 0.200. The fourth-order valence-corrected chi connectivity index (χ4v) is 2.12. The van der Waals surface area contributed by atoms with Crippen LogP contribution in [0.1, 0.15) is 11.1 Å². The summed E-state index contributed by atoms with van der Waals surface area (Å²) in [6.07, 6.45) is 2.09. The topological polar surface area (TPSA) is 12.0 Å². The van der Waals surface area contributed by atoms with E-state index in [1.54, 1.807) is 11.8 Å². The number of aryl methyl sites for hydroxylation is 1. The lowest BCUT2D eigenvalue weighted by Gasteiger charge is -2.09. The van der Waals surface area contributed by atoms with Gasteiger partial charge in [-0.3, -0.25) is 0 Å². The van der Waals surface area contributed by atoms with Gasteiger partial charge in [-0.05, 0) is 48.6 Å². The van der Waals surface area contributed by atoms with Crippen molar-refractivity contribution in [2.24, 2.45) is 0 Å². The molecule has 0 aliphatic heterocycles. The average Bonchev–Trinajstić information content (AvgIpc) is 2.38. The smallest absolute Gasteiger partial charge is 0.0403 e. The van der Waals surface area contributed by atoms with Crippen LogP contribution in [0.5, 0.6) is 0 Å². The molecule has 0 heterocycles. The number of thioether (sulfide) groups is 1. The highest BCUT2D eigenvalue weighted by atomic mass is 32.2. The van der Waals surface area contributed by atoms with Crippen molar-refractivity contribution < 1.29 is 0 Å². The van der Waals surface area contributed by atoms with Gasteiger partial charge in [0, 0.05) is 17.1 Å². The monoisotopic (exact) mass is 243 g/mol. The van der Waals surface area contributed by atoms with E-state index in [1.807, 2.05) is 0 Å². The molecule has 0 aliphatic carbocycles. The first-order valence-electron chi connectivity index (χ1n) is 5.72. The Hall–Kier alpha value is -1.41. The summed E-state index contributed by atoms with van der Waals surface area (Å²) in [7, 11) is 0. The zero-order valence-electron chi connectivity index (χ0n) is 10.2. The standard InChI is InChI=1S/C15H17NS/c1-12-5-3-4-6-13(12)11-16-14-7-9-15(17-2)10-8-14/h3-10,16H,11H2,1-2H3. The van der Waals surface area contributed by atoms with Gasteiger partial charge in [0.1, 0.15) is 0 Å². The predicted molar refractivity (Wildman–Crippen MR) is 76.7 cm³/mol. The zero-order valence-corrected chi connectivity index (χ0v) is 11.1. The van der Waals surface area contributed by atoms with Crippen LogP contribution in [0.15, 0.2) is 53.4 Å². The Morgan fingerprint density at radius 2 is 1.71 bits per heavy atom. The number of nitrogens with one attached hydrogen (secondary N) is 1. The van der Waals surface area contributed by atoms with Gasteiger partial charge in [0.25, 0.3) is 0 Å². The van der Waals surface area contributed by atoms with Gasteiger partial charge in [0.2, 0.25) is 0 Å². The molecule has 0 saturated carbocycles. The van der Waals surface area contributed by atoms with E-state index in [2.05, 4.69) is 67.0 Å². The summed E-state index contributed by atoms with van der Waals surface area (Å²) < 4.78 is 0. The largest absolute Gasteiger partial charge is 0.381 e. The lowest BCUT2D eigenvalue weighted by Crippen LogP contribution is -2.00. The summed E-state index contributed by atoms with van der Waals surface area (Å²) in [6, 6.07) is 17.0. The maximum absolute atomic E-state index is 3.44. The highest BCUT2D eigenvalue weighted by molar-refractivity contribution is 7.98. The molecule has 2 aromatic rings. The molecule has 0 radical (unpaired) electrons. The van der Waals surface area contributed by atoms with E-state index in [4.69, 9.17) is 0 Å². The Labute approximate surface area is 107 Å². The number of rotatable bonds is 4. The van der Waals surface area contributed by atoms with E-state index in [-0.39, 0.29) is 0 Å². The van der Waals surface area contributed by atoms with Crippen molar-refractivity contribution in [3.8, 4) is 0 Å². The zero-order chi connectivity index (χ0) is 12.1. The summed E-state index contributed by atoms with van der Waals surface area (Å²) in [4.78, 5) is 1.30. The van der Waals surface area contributed by atoms with E-state index in [1.165, 1.54) is 21.7 Å². The molecule has 0 fully saturated rings. The van der Waals surface area contributed by atoms with E-state index < -0.39 is 0 Å². The maximum atomic E-state index is 3.44. The van der Waals surface area contributed by atoms with Gasteiger partial charge in [-0.2, -0.15) is 0 Å². The van der Waals surface area contributed by atoms with Gasteiger partial charge in [0.15, 0.2) is 0 Å². The summed E-state index contributed by atoms with van der Waals surface area (Å²) in [5.74, 6) is 0. The summed E-state index contributed by atoms with van der Waals surface area (Å²) in [5.41, 5.74) is 3.85. The minimum Gasteiger partial charge on any atom is -0.381 e. The third-order valence-electron chi connectivity index (χ3n) is 2.83. The van der Waals surface area contributed by atoms with Crippen molar-refractivity contribution in [1.82, 2.24) is 0 Å². The van der Waals surface area contributed by atoms with Crippen molar-refractivity contribution in [2.75, 3.05) is 11.6 Å². The molecule has 0 amide bonds. The van der Waals surface area contributed by atoms with Crippen molar-refractivity contribution in [2.45, 2.75) is 18.4 Å². The Balaban J connectivity index is 2.00. The fourth-order valence-electron chi connectivity index (χ4n) is 1.71. The number of hydrogen-bond acceptors (Lipinski definition) is 2. The van der Waals surface area contributed by atoms with Crippen LogP contribution in [-0.2, 0) is 6.54 Å². The van der Waals surface area contributed by atoms with Crippen LogP contribution in [0.4, 0.5) is 5.69 Å².